The van der Waals surface area contributed by atoms with Crippen LogP contribution in [0.3, 0.4) is 0 Å². The standard InChI is InChI=1S/C14H18N2O4S3/c1-4-14-15-11(10-21-14)9-16(2)23(19,20)13-7-5-6-12(8-13)22(3,17)18/h5-8,10H,4,9H2,1-3H3. The first kappa shape index (κ1) is 18.1. The molecule has 2 aromatic rings. The highest BCUT2D eigenvalue weighted by atomic mass is 32.2. The first-order valence-corrected chi connectivity index (χ1v) is 11.1. The Labute approximate surface area is 140 Å². The SMILES string of the molecule is CCc1nc(CN(C)S(=O)(=O)c2cccc(S(C)(=O)=O)c2)cs1. The predicted octanol–water partition coefficient (Wildman–Crippen LogP) is 1.93. The molecule has 0 aliphatic rings. The van der Waals surface area contributed by atoms with Gasteiger partial charge >= 0.3 is 0 Å². The molecule has 0 fully saturated rings. The summed E-state index contributed by atoms with van der Waals surface area (Å²) in [5.41, 5.74) is 0.678. The summed E-state index contributed by atoms with van der Waals surface area (Å²) < 4.78 is 49.6. The number of hydrogen-bond acceptors (Lipinski definition) is 6. The van der Waals surface area contributed by atoms with Crippen molar-refractivity contribution in [2.75, 3.05) is 13.3 Å². The van der Waals surface area contributed by atoms with Gasteiger partial charge < -0.3 is 0 Å². The molecular weight excluding hydrogens is 356 g/mol. The molecule has 1 heterocycles. The van der Waals surface area contributed by atoms with Crippen molar-refractivity contribution >= 4 is 31.2 Å². The second-order valence-electron chi connectivity index (χ2n) is 5.09. The van der Waals surface area contributed by atoms with E-state index in [2.05, 4.69) is 4.98 Å². The fourth-order valence-electron chi connectivity index (χ4n) is 1.94. The Morgan fingerprint density at radius 1 is 1.17 bits per heavy atom. The molecule has 0 N–H and O–H groups in total. The van der Waals surface area contributed by atoms with Crippen molar-refractivity contribution in [3.05, 3.63) is 40.3 Å². The second kappa shape index (κ2) is 6.68. The van der Waals surface area contributed by atoms with Crippen LogP contribution >= 0.6 is 11.3 Å². The van der Waals surface area contributed by atoms with Crippen molar-refractivity contribution in [2.45, 2.75) is 29.7 Å². The zero-order valence-corrected chi connectivity index (χ0v) is 15.5. The van der Waals surface area contributed by atoms with E-state index in [1.807, 2.05) is 12.3 Å². The van der Waals surface area contributed by atoms with Crippen molar-refractivity contribution in [1.82, 2.24) is 9.29 Å². The van der Waals surface area contributed by atoms with E-state index in [0.717, 1.165) is 17.7 Å². The van der Waals surface area contributed by atoms with E-state index in [0.29, 0.717) is 5.69 Å². The summed E-state index contributed by atoms with van der Waals surface area (Å²) in [5, 5.41) is 2.78. The molecule has 0 aliphatic carbocycles. The monoisotopic (exact) mass is 374 g/mol. The van der Waals surface area contributed by atoms with Gasteiger partial charge in [-0.15, -0.1) is 11.3 Å². The Kier molecular flexibility index (Phi) is 5.24. The van der Waals surface area contributed by atoms with Gasteiger partial charge in [0.15, 0.2) is 9.84 Å². The third kappa shape index (κ3) is 4.17. The lowest BCUT2D eigenvalue weighted by molar-refractivity contribution is 0.462. The fourth-order valence-corrected chi connectivity index (χ4v) is 4.61. The number of hydrogen-bond donors (Lipinski definition) is 0. The van der Waals surface area contributed by atoms with Crippen LogP contribution in [-0.4, -0.2) is 39.4 Å². The van der Waals surface area contributed by atoms with E-state index < -0.39 is 19.9 Å². The normalized spacial score (nSPS) is 12.7. The average Bonchev–Trinajstić information content (AvgIpc) is 2.94. The maximum absolute atomic E-state index is 12.6. The maximum atomic E-state index is 12.6. The molecule has 0 bridgehead atoms. The molecule has 0 unspecified atom stereocenters. The largest absolute Gasteiger partial charge is 0.245 e. The quantitative estimate of drug-likeness (QED) is 0.771. The average molecular weight is 375 g/mol. The molecular formula is C14H18N2O4S3. The molecule has 0 saturated carbocycles. The van der Waals surface area contributed by atoms with Crippen LogP contribution in [0.2, 0.25) is 0 Å². The molecule has 9 heteroatoms. The number of sulfone groups is 1. The highest BCUT2D eigenvalue weighted by Crippen LogP contribution is 2.21. The topological polar surface area (TPSA) is 84.4 Å². The molecule has 0 aliphatic heterocycles. The minimum atomic E-state index is -3.78. The van der Waals surface area contributed by atoms with Crippen molar-refractivity contribution in [3.8, 4) is 0 Å². The smallest absolute Gasteiger partial charge is 0.243 e. The van der Waals surface area contributed by atoms with Crippen LogP contribution in [0.15, 0.2) is 39.4 Å². The Morgan fingerprint density at radius 2 is 1.83 bits per heavy atom. The van der Waals surface area contributed by atoms with E-state index in [4.69, 9.17) is 0 Å². The molecule has 126 valence electrons. The van der Waals surface area contributed by atoms with E-state index in [9.17, 15) is 16.8 Å². The van der Waals surface area contributed by atoms with E-state index in [1.54, 1.807) is 0 Å². The summed E-state index contributed by atoms with van der Waals surface area (Å²) in [5.74, 6) is 0. The van der Waals surface area contributed by atoms with E-state index in [-0.39, 0.29) is 16.3 Å². The van der Waals surface area contributed by atoms with Crippen molar-refractivity contribution in [3.63, 3.8) is 0 Å². The number of rotatable bonds is 6. The van der Waals surface area contributed by atoms with Gasteiger partial charge in [0.05, 0.1) is 27.0 Å². The highest BCUT2D eigenvalue weighted by molar-refractivity contribution is 7.91. The molecule has 1 aromatic heterocycles. The number of benzene rings is 1. The number of nitrogens with zero attached hydrogens (tertiary/aromatic N) is 2. The number of sulfonamides is 1. The van der Waals surface area contributed by atoms with Gasteiger partial charge in [0.1, 0.15) is 0 Å². The maximum Gasteiger partial charge on any atom is 0.243 e. The summed E-state index contributed by atoms with van der Waals surface area (Å²) >= 11 is 1.49. The van der Waals surface area contributed by atoms with Gasteiger partial charge in [-0.3, -0.25) is 0 Å². The molecule has 1 aromatic carbocycles. The van der Waals surface area contributed by atoms with Crippen molar-refractivity contribution in [1.29, 1.82) is 0 Å². The Balaban J connectivity index is 2.30. The van der Waals surface area contributed by atoms with Crippen LogP contribution in [-0.2, 0) is 32.8 Å². The van der Waals surface area contributed by atoms with Gasteiger partial charge in [-0.1, -0.05) is 13.0 Å². The number of aromatic nitrogens is 1. The van der Waals surface area contributed by atoms with Crippen LogP contribution in [0.1, 0.15) is 17.6 Å². The molecule has 0 atom stereocenters. The molecule has 6 nitrogen and oxygen atoms in total. The zero-order chi connectivity index (χ0) is 17.3. The van der Waals surface area contributed by atoms with Gasteiger partial charge in [0, 0.05) is 18.7 Å². The third-order valence-electron chi connectivity index (χ3n) is 3.23. The molecule has 23 heavy (non-hydrogen) atoms. The number of thiazole rings is 1. The zero-order valence-electron chi connectivity index (χ0n) is 13.1. The van der Waals surface area contributed by atoms with Gasteiger partial charge in [-0.2, -0.15) is 4.31 Å². The summed E-state index contributed by atoms with van der Waals surface area (Å²) in [6.45, 7) is 2.13. The van der Waals surface area contributed by atoms with Crippen molar-refractivity contribution in [2.24, 2.45) is 0 Å². The first-order chi connectivity index (χ1) is 10.6. The van der Waals surface area contributed by atoms with Crippen LogP contribution in [0.4, 0.5) is 0 Å². The van der Waals surface area contributed by atoms with E-state index in [1.165, 1.54) is 47.0 Å². The Morgan fingerprint density at radius 3 is 2.39 bits per heavy atom. The fraction of sp³-hybridized carbons (Fsp3) is 0.357. The van der Waals surface area contributed by atoms with Gasteiger partial charge in [0.25, 0.3) is 0 Å². The molecule has 0 radical (unpaired) electrons. The minimum absolute atomic E-state index is 0.0195. The van der Waals surface area contributed by atoms with Gasteiger partial charge in [-0.05, 0) is 24.6 Å². The lowest BCUT2D eigenvalue weighted by Gasteiger charge is -2.16. The predicted molar refractivity (Wildman–Crippen MR) is 89.7 cm³/mol. The first-order valence-electron chi connectivity index (χ1n) is 6.84. The summed E-state index contributed by atoms with van der Waals surface area (Å²) in [6, 6.07) is 5.37. The van der Waals surface area contributed by atoms with Crippen LogP contribution in [0.25, 0.3) is 0 Å². The van der Waals surface area contributed by atoms with Crippen LogP contribution in [0.5, 0.6) is 0 Å². The molecule has 0 saturated heterocycles. The third-order valence-corrected chi connectivity index (χ3v) is 7.18. The lowest BCUT2D eigenvalue weighted by Crippen LogP contribution is -2.26. The lowest BCUT2D eigenvalue weighted by atomic mass is 10.4. The highest BCUT2D eigenvalue weighted by Gasteiger charge is 2.23. The van der Waals surface area contributed by atoms with Gasteiger partial charge in [-0.25, -0.2) is 21.8 Å². The van der Waals surface area contributed by atoms with Gasteiger partial charge in [0.2, 0.25) is 10.0 Å². The molecule has 2 rings (SSSR count). The summed E-state index contributed by atoms with van der Waals surface area (Å²) in [7, 11) is -5.80. The number of aryl methyl sites for hydroxylation is 1. The minimum Gasteiger partial charge on any atom is -0.245 e. The Hall–Kier alpha value is -1.29. The summed E-state index contributed by atoms with van der Waals surface area (Å²) in [4.78, 5) is 4.28. The molecule has 0 spiro atoms. The second-order valence-corrected chi connectivity index (χ2v) is 10.1. The molecule has 0 amide bonds. The van der Waals surface area contributed by atoms with Crippen LogP contribution < -0.4 is 0 Å². The summed E-state index contributed by atoms with van der Waals surface area (Å²) in [6.07, 6.45) is 1.85. The van der Waals surface area contributed by atoms with E-state index >= 15 is 0 Å². The van der Waals surface area contributed by atoms with Crippen LogP contribution in [0, 0.1) is 0 Å². The van der Waals surface area contributed by atoms with Crippen molar-refractivity contribution < 1.29 is 16.8 Å². The Bertz CT molecular complexity index is 902.